The van der Waals surface area contributed by atoms with Crippen LogP contribution in [0.2, 0.25) is 0 Å². The Morgan fingerprint density at radius 3 is 2.07 bits per heavy atom. The number of carbonyl (C=O) groups is 3. The van der Waals surface area contributed by atoms with Crippen LogP contribution in [0.15, 0.2) is 24.3 Å². The summed E-state index contributed by atoms with van der Waals surface area (Å²) in [6, 6.07) is 6.29. The Kier molecular flexibility index (Phi) is 4.66. The fraction of sp³-hybridized carbons (Fsp3) is 0.571. The maximum Gasteiger partial charge on any atom is 0.310 e. The largest absolute Gasteiger partial charge is 0.452 e. The van der Waals surface area contributed by atoms with Gasteiger partial charge in [0, 0.05) is 11.3 Å². The molecule has 0 saturated heterocycles. The molecule has 0 radical (unpaired) electrons. The molecule has 2 amide bonds. The lowest BCUT2D eigenvalue weighted by atomic mass is 9.52. The molecule has 3 N–H and O–H groups in total. The molecule has 0 aliphatic heterocycles. The average Bonchev–Trinajstić information content (AvgIpc) is 2.61. The normalized spacial score (nSPS) is 32.0. The Hall–Kier alpha value is -2.37. The van der Waals surface area contributed by atoms with Crippen molar-refractivity contribution in [2.75, 3.05) is 5.32 Å². The van der Waals surface area contributed by atoms with E-state index < -0.39 is 12.0 Å². The third-order valence-corrected chi connectivity index (χ3v) is 6.60. The first-order valence-electron chi connectivity index (χ1n) is 9.82. The molecule has 0 spiro atoms. The van der Waals surface area contributed by atoms with Crippen molar-refractivity contribution in [3.8, 4) is 0 Å². The first-order chi connectivity index (χ1) is 12.9. The van der Waals surface area contributed by atoms with Crippen LogP contribution in [-0.2, 0) is 14.3 Å². The minimum absolute atomic E-state index is 0.0390. The van der Waals surface area contributed by atoms with Crippen molar-refractivity contribution in [1.82, 2.24) is 0 Å². The summed E-state index contributed by atoms with van der Waals surface area (Å²) in [4.78, 5) is 36.2. The highest BCUT2D eigenvalue weighted by molar-refractivity contribution is 5.96. The lowest BCUT2D eigenvalue weighted by Gasteiger charge is -2.53. The predicted octanol–water partition coefficient (Wildman–Crippen LogP) is 2.73. The third kappa shape index (κ3) is 3.57. The number of benzene rings is 1. The molecule has 4 bridgehead atoms. The molecule has 27 heavy (non-hydrogen) atoms. The maximum atomic E-state index is 12.8. The van der Waals surface area contributed by atoms with E-state index in [1.165, 1.54) is 6.42 Å². The number of ether oxygens (including phenoxy) is 1. The van der Waals surface area contributed by atoms with E-state index in [4.69, 9.17) is 10.5 Å². The van der Waals surface area contributed by atoms with Gasteiger partial charge in [0.2, 0.25) is 5.91 Å². The van der Waals surface area contributed by atoms with Gasteiger partial charge in [-0.15, -0.1) is 0 Å². The number of esters is 1. The van der Waals surface area contributed by atoms with Gasteiger partial charge in [-0.2, -0.15) is 0 Å². The Bertz CT molecular complexity index is 730. The van der Waals surface area contributed by atoms with Crippen LogP contribution in [0.4, 0.5) is 5.69 Å². The van der Waals surface area contributed by atoms with Gasteiger partial charge in [0.15, 0.2) is 6.10 Å². The monoisotopic (exact) mass is 370 g/mol. The predicted molar refractivity (Wildman–Crippen MR) is 99.7 cm³/mol. The van der Waals surface area contributed by atoms with Crippen molar-refractivity contribution in [3.05, 3.63) is 29.8 Å². The molecule has 1 aromatic rings. The van der Waals surface area contributed by atoms with E-state index in [1.54, 1.807) is 31.2 Å². The molecule has 6 nitrogen and oxygen atoms in total. The molecule has 4 saturated carbocycles. The summed E-state index contributed by atoms with van der Waals surface area (Å²) in [5.41, 5.74) is 6.10. The van der Waals surface area contributed by atoms with Crippen molar-refractivity contribution >= 4 is 23.5 Å². The zero-order valence-corrected chi connectivity index (χ0v) is 15.5. The summed E-state index contributed by atoms with van der Waals surface area (Å²) >= 11 is 0. The van der Waals surface area contributed by atoms with Crippen molar-refractivity contribution in [3.63, 3.8) is 0 Å². The van der Waals surface area contributed by atoms with E-state index in [0.29, 0.717) is 23.1 Å². The highest BCUT2D eigenvalue weighted by atomic mass is 16.5. The van der Waals surface area contributed by atoms with Gasteiger partial charge in [-0.05, 0) is 87.0 Å². The van der Waals surface area contributed by atoms with Gasteiger partial charge in [-0.3, -0.25) is 14.4 Å². The highest BCUT2D eigenvalue weighted by Crippen LogP contribution is 2.56. The SMILES string of the molecule is C[C@@H](OC(=O)C1C2CC3CC(C2)CC1C3)C(=O)Nc1ccc(C(N)=O)cc1. The molecule has 1 atom stereocenters. The average molecular weight is 370 g/mol. The second-order valence-electron chi connectivity index (χ2n) is 8.47. The van der Waals surface area contributed by atoms with Crippen molar-refractivity contribution in [2.24, 2.45) is 35.3 Å². The quantitative estimate of drug-likeness (QED) is 0.779. The molecule has 1 aromatic carbocycles. The molecule has 0 unspecified atom stereocenters. The molecule has 4 fully saturated rings. The van der Waals surface area contributed by atoms with Crippen molar-refractivity contribution in [2.45, 2.75) is 45.1 Å². The zero-order chi connectivity index (χ0) is 19.1. The number of anilines is 1. The number of rotatable bonds is 5. The van der Waals surface area contributed by atoms with Crippen LogP contribution in [-0.4, -0.2) is 23.9 Å². The van der Waals surface area contributed by atoms with E-state index in [0.717, 1.165) is 37.5 Å². The summed E-state index contributed by atoms with van der Waals surface area (Å²) < 4.78 is 5.55. The standard InChI is InChI=1S/C21H26N2O4/c1-11(20(25)23-17-4-2-14(3-5-17)19(22)24)27-21(26)18-15-7-12-6-13(9-15)10-16(18)8-12/h2-5,11-13,15-16,18H,6-10H2,1H3,(H2,22,24)(H,23,25)/t11-,12?,13?,15?,16?,18?/m1/s1. The third-order valence-electron chi connectivity index (χ3n) is 6.60. The molecule has 4 aliphatic rings. The molecule has 144 valence electrons. The minimum atomic E-state index is -0.856. The molecular weight excluding hydrogens is 344 g/mol. The van der Waals surface area contributed by atoms with Crippen molar-refractivity contribution < 1.29 is 19.1 Å². The Morgan fingerprint density at radius 1 is 1.00 bits per heavy atom. The summed E-state index contributed by atoms with van der Waals surface area (Å²) in [6.45, 7) is 1.60. The summed E-state index contributed by atoms with van der Waals surface area (Å²) in [7, 11) is 0. The number of primary amides is 1. The van der Waals surface area contributed by atoms with Crippen LogP contribution in [0.1, 0.15) is 49.4 Å². The molecule has 4 aliphatic carbocycles. The molecular formula is C21H26N2O4. The maximum absolute atomic E-state index is 12.8. The fourth-order valence-corrected chi connectivity index (χ4v) is 5.58. The number of hydrogen-bond acceptors (Lipinski definition) is 4. The van der Waals surface area contributed by atoms with E-state index in [-0.39, 0.29) is 17.8 Å². The summed E-state index contributed by atoms with van der Waals surface area (Å²) in [5.74, 6) is 1.31. The van der Waals surface area contributed by atoms with Crippen LogP contribution < -0.4 is 11.1 Å². The fourth-order valence-electron chi connectivity index (χ4n) is 5.58. The smallest absolute Gasteiger partial charge is 0.310 e. The van der Waals surface area contributed by atoms with E-state index in [2.05, 4.69) is 5.32 Å². The number of hydrogen-bond donors (Lipinski definition) is 2. The van der Waals surface area contributed by atoms with E-state index in [1.807, 2.05) is 0 Å². The lowest BCUT2D eigenvalue weighted by molar-refractivity contribution is -0.169. The summed E-state index contributed by atoms with van der Waals surface area (Å²) in [6.07, 6.45) is 5.03. The Morgan fingerprint density at radius 2 is 1.56 bits per heavy atom. The van der Waals surface area contributed by atoms with Gasteiger partial charge in [0.25, 0.3) is 5.91 Å². The molecule has 0 aromatic heterocycles. The van der Waals surface area contributed by atoms with E-state index in [9.17, 15) is 14.4 Å². The van der Waals surface area contributed by atoms with Crippen LogP contribution >= 0.6 is 0 Å². The van der Waals surface area contributed by atoms with Crippen LogP contribution in [0, 0.1) is 29.6 Å². The number of nitrogens with two attached hydrogens (primary N) is 1. The molecule has 0 heterocycles. The van der Waals surface area contributed by atoms with Crippen LogP contribution in [0.25, 0.3) is 0 Å². The van der Waals surface area contributed by atoms with Gasteiger partial charge >= 0.3 is 5.97 Å². The van der Waals surface area contributed by atoms with Crippen molar-refractivity contribution in [1.29, 1.82) is 0 Å². The zero-order valence-electron chi connectivity index (χ0n) is 15.5. The summed E-state index contributed by atoms with van der Waals surface area (Å²) in [5, 5.41) is 2.71. The highest BCUT2D eigenvalue weighted by Gasteiger charge is 2.51. The minimum Gasteiger partial charge on any atom is -0.452 e. The first kappa shape index (κ1) is 18.0. The van der Waals surface area contributed by atoms with E-state index >= 15 is 0 Å². The number of amides is 2. The van der Waals surface area contributed by atoms with Gasteiger partial charge < -0.3 is 15.8 Å². The first-order valence-corrected chi connectivity index (χ1v) is 9.82. The van der Waals surface area contributed by atoms with Gasteiger partial charge in [0.05, 0.1) is 5.92 Å². The van der Waals surface area contributed by atoms with Gasteiger partial charge in [0.1, 0.15) is 0 Å². The lowest BCUT2D eigenvalue weighted by Crippen LogP contribution is -2.49. The molecule has 6 heteroatoms. The van der Waals surface area contributed by atoms with Gasteiger partial charge in [-0.25, -0.2) is 0 Å². The van der Waals surface area contributed by atoms with Crippen LogP contribution in [0.3, 0.4) is 0 Å². The number of nitrogens with one attached hydrogen (secondary N) is 1. The van der Waals surface area contributed by atoms with Crippen LogP contribution in [0.5, 0.6) is 0 Å². The topological polar surface area (TPSA) is 98.5 Å². The second kappa shape index (κ2) is 6.98. The Balaban J connectivity index is 1.34. The number of carbonyl (C=O) groups excluding carboxylic acids is 3. The van der Waals surface area contributed by atoms with Gasteiger partial charge in [-0.1, -0.05) is 0 Å². The second-order valence-corrected chi connectivity index (χ2v) is 8.47. The Labute approximate surface area is 158 Å². The molecule has 5 rings (SSSR count).